The second-order valence-corrected chi connectivity index (χ2v) is 5.32. The maximum atomic E-state index is 12.1. The third kappa shape index (κ3) is 2.36. The zero-order valence-corrected chi connectivity index (χ0v) is 12.0. The number of aromatic nitrogens is 2. The Hall–Kier alpha value is -1.49. The van der Waals surface area contributed by atoms with Crippen molar-refractivity contribution in [1.29, 1.82) is 0 Å². The van der Waals surface area contributed by atoms with Gasteiger partial charge in [-0.25, -0.2) is 4.79 Å². The van der Waals surface area contributed by atoms with E-state index >= 15 is 0 Å². The van der Waals surface area contributed by atoms with E-state index in [0.29, 0.717) is 12.2 Å². The lowest BCUT2D eigenvalue weighted by Crippen LogP contribution is -2.25. The molecule has 0 radical (unpaired) electrons. The first-order valence-corrected chi connectivity index (χ1v) is 6.60. The molecule has 2 rings (SSSR count). The van der Waals surface area contributed by atoms with Gasteiger partial charge >= 0.3 is 5.69 Å². The summed E-state index contributed by atoms with van der Waals surface area (Å²) in [5.74, 6) is 0. The van der Waals surface area contributed by atoms with Crippen LogP contribution in [0.15, 0.2) is 39.9 Å². The van der Waals surface area contributed by atoms with Gasteiger partial charge in [-0.15, -0.1) is 0 Å². The average Bonchev–Trinajstić information content (AvgIpc) is 2.67. The van der Waals surface area contributed by atoms with Crippen LogP contribution >= 0.6 is 15.9 Å². The zero-order chi connectivity index (χ0) is 13.3. The van der Waals surface area contributed by atoms with E-state index in [0.717, 1.165) is 10.0 Å². The van der Waals surface area contributed by atoms with Crippen molar-refractivity contribution in [2.45, 2.75) is 26.4 Å². The zero-order valence-electron chi connectivity index (χ0n) is 10.4. The lowest BCUT2D eigenvalue weighted by Gasteiger charge is -2.08. The fourth-order valence-corrected chi connectivity index (χ4v) is 2.24. The van der Waals surface area contributed by atoms with Crippen molar-refractivity contribution < 1.29 is 0 Å². The summed E-state index contributed by atoms with van der Waals surface area (Å²) < 4.78 is 4.24. The lowest BCUT2D eigenvalue weighted by atomic mass is 10.2. The average molecular weight is 310 g/mol. The normalized spacial score (nSPS) is 11.1. The minimum absolute atomic E-state index is 0.000625. The SMILES string of the molecule is CC(C)n1ccn(Cc2cccc(N)c2Br)c1=O. The van der Waals surface area contributed by atoms with Gasteiger partial charge in [0, 0.05) is 28.6 Å². The number of anilines is 1. The first-order chi connectivity index (χ1) is 8.50. The molecule has 0 saturated heterocycles. The summed E-state index contributed by atoms with van der Waals surface area (Å²) in [6.45, 7) is 4.49. The van der Waals surface area contributed by atoms with E-state index in [4.69, 9.17) is 5.73 Å². The molecule has 0 saturated carbocycles. The molecule has 96 valence electrons. The van der Waals surface area contributed by atoms with Crippen molar-refractivity contribution in [2.24, 2.45) is 0 Å². The molecular formula is C13H16BrN3O. The Bertz CT molecular complexity index is 613. The van der Waals surface area contributed by atoms with Crippen LogP contribution in [0.4, 0.5) is 5.69 Å². The van der Waals surface area contributed by atoms with Gasteiger partial charge in [0.15, 0.2) is 0 Å². The van der Waals surface area contributed by atoms with Gasteiger partial charge in [-0.3, -0.25) is 9.13 Å². The second-order valence-electron chi connectivity index (χ2n) is 4.53. The Balaban J connectivity index is 2.35. The number of rotatable bonds is 3. The molecule has 5 heteroatoms. The Morgan fingerprint density at radius 2 is 2.06 bits per heavy atom. The van der Waals surface area contributed by atoms with Crippen molar-refractivity contribution in [3.63, 3.8) is 0 Å². The summed E-state index contributed by atoms with van der Waals surface area (Å²) in [6, 6.07) is 5.85. The Morgan fingerprint density at radius 1 is 1.33 bits per heavy atom. The molecule has 2 aromatic rings. The highest BCUT2D eigenvalue weighted by Crippen LogP contribution is 2.24. The van der Waals surface area contributed by atoms with Gasteiger partial charge in [-0.2, -0.15) is 0 Å². The highest BCUT2D eigenvalue weighted by Gasteiger charge is 2.09. The highest BCUT2D eigenvalue weighted by molar-refractivity contribution is 9.10. The maximum absolute atomic E-state index is 12.1. The van der Waals surface area contributed by atoms with E-state index in [1.54, 1.807) is 15.3 Å². The van der Waals surface area contributed by atoms with Crippen LogP contribution in [0.2, 0.25) is 0 Å². The summed E-state index contributed by atoms with van der Waals surface area (Å²) in [5.41, 5.74) is 7.51. The molecule has 18 heavy (non-hydrogen) atoms. The molecule has 2 N–H and O–H groups in total. The van der Waals surface area contributed by atoms with Crippen LogP contribution in [0.5, 0.6) is 0 Å². The number of halogens is 1. The number of nitrogens with zero attached hydrogens (tertiary/aromatic N) is 2. The Morgan fingerprint density at radius 3 is 2.67 bits per heavy atom. The van der Waals surface area contributed by atoms with Crippen molar-refractivity contribution in [1.82, 2.24) is 9.13 Å². The predicted octanol–water partition coefficient (Wildman–Crippen LogP) is 2.62. The number of nitrogen functional groups attached to an aromatic ring is 1. The molecular weight excluding hydrogens is 294 g/mol. The summed E-state index contributed by atoms with van der Waals surface area (Å²) >= 11 is 3.45. The molecule has 0 amide bonds. The number of hydrogen-bond acceptors (Lipinski definition) is 2. The molecule has 4 nitrogen and oxygen atoms in total. The van der Waals surface area contributed by atoms with Crippen LogP contribution in [0.1, 0.15) is 25.5 Å². The smallest absolute Gasteiger partial charge is 0.328 e. The van der Waals surface area contributed by atoms with Crippen LogP contribution < -0.4 is 11.4 Å². The molecule has 0 fully saturated rings. The fourth-order valence-electron chi connectivity index (χ4n) is 1.85. The summed E-state index contributed by atoms with van der Waals surface area (Å²) in [7, 11) is 0. The van der Waals surface area contributed by atoms with Gasteiger partial charge in [-0.05, 0) is 41.4 Å². The van der Waals surface area contributed by atoms with E-state index in [1.807, 2.05) is 38.2 Å². The monoisotopic (exact) mass is 309 g/mol. The Labute approximate surface area is 114 Å². The van der Waals surface area contributed by atoms with Crippen molar-refractivity contribution >= 4 is 21.6 Å². The molecule has 0 bridgehead atoms. The van der Waals surface area contributed by atoms with Crippen molar-refractivity contribution in [3.8, 4) is 0 Å². The van der Waals surface area contributed by atoms with E-state index in [1.165, 1.54) is 0 Å². The molecule has 0 aliphatic carbocycles. The van der Waals surface area contributed by atoms with Gasteiger partial charge < -0.3 is 5.73 Å². The third-order valence-electron chi connectivity index (χ3n) is 2.88. The van der Waals surface area contributed by atoms with E-state index in [9.17, 15) is 4.79 Å². The molecule has 1 aromatic carbocycles. The molecule has 0 atom stereocenters. The van der Waals surface area contributed by atoms with Crippen LogP contribution in [0, 0.1) is 0 Å². The molecule has 1 aromatic heterocycles. The molecule has 0 aliphatic heterocycles. The van der Waals surface area contributed by atoms with Gasteiger partial charge in [0.2, 0.25) is 0 Å². The summed E-state index contributed by atoms with van der Waals surface area (Å²) in [5, 5.41) is 0. The number of benzene rings is 1. The summed E-state index contributed by atoms with van der Waals surface area (Å²) in [4.78, 5) is 12.1. The van der Waals surface area contributed by atoms with Crippen LogP contribution in [0.3, 0.4) is 0 Å². The minimum atomic E-state index is -0.000625. The summed E-state index contributed by atoms with van der Waals surface area (Å²) in [6.07, 6.45) is 3.62. The van der Waals surface area contributed by atoms with Crippen molar-refractivity contribution in [3.05, 3.63) is 51.1 Å². The van der Waals surface area contributed by atoms with E-state index in [-0.39, 0.29) is 11.7 Å². The van der Waals surface area contributed by atoms with Gasteiger partial charge in [0.05, 0.1) is 6.54 Å². The quantitative estimate of drug-likeness (QED) is 0.886. The number of hydrogen-bond donors (Lipinski definition) is 1. The van der Waals surface area contributed by atoms with Crippen molar-refractivity contribution in [2.75, 3.05) is 5.73 Å². The number of nitrogens with two attached hydrogens (primary N) is 1. The van der Waals surface area contributed by atoms with Gasteiger partial charge in [0.25, 0.3) is 0 Å². The molecule has 1 heterocycles. The topological polar surface area (TPSA) is 52.9 Å². The van der Waals surface area contributed by atoms with E-state index in [2.05, 4.69) is 15.9 Å². The van der Waals surface area contributed by atoms with Crippen LogP contribution in [0.25, 0.3) is 0 Å². The van der Waals surface area contributed by atoms with Gasteiger partial charge in [0.1, 0.15) is 0 Å². The van der Waals surface area contributed by atoms with Crippen LogP contribution in [-0.4, -0.2) is 9.13 Å². The minimum Gasteiger partial charge on any atom is -0.398 e. The fraction of sp³-hybridized carbons (Fsp3) is 0.308. The molecule has 0 aliphatic rings. The maximum Gasteiger partial charge on any atom is 0.328 e. The number of imidazole rings is 1. The molecule has 0 spiro atoms. The first-order valence-electron chi connectivity index (χ1n) is 5.81. The molecule has 0 unspecified atom stereocenters. The van der Waals surface area contributed by atoms with E-state index < -0.39 is 0 Å². The second kappa shape index (κ2) is 5.02. The highest BCUT2D eigenvalue weighted by atomic mass is 79.9. The first kappa shape index (κ1) is 13.0. The van der Waals surface area contributed by atoms with Crippen LogP contribution in [-0.2, 0) is 6.54 Å². The largest absolute Gasteiger partial charge is 0.398 e. The Kier molecular flexibility index (Phi) is 3.61. The van der Waals surface area contributed by atoms with Gasteiger partial charge in [-0.1, -0.05) is 12.1 Å². The standard InChI is InChI=1S/C13H16BrN3O/c1-9(2)17-7-6-16(13(17)18)8-10-4-3-5-11(15)12(10)14/h3-7,9H,8,15H2,1-2H3. The third-order valence-corrected chi connectivity index (χ3v) is 3.85. The lowest BCUT2D eigenvalue weighted by molar-refractivity contribution is 0.561. The predicted molar refractivity (Wildman–Crippen MR) is 76.7 cm³/mol.